The number of carbonyl (C=O) groups excluding carboxylic acids is 2. The van der Waals surface area contributed by atoms with Crippen molar-refractivity contribution in [3.8, 4) is 0 Å². The Bertz CT molecular complexity index is 1180. The van der Waals surface area contributed by atoms with Crippen molar-refractivity contribution in [2.45, 2.75) is 24.8 Å². The van der Waals surface area contributed by atoms with Crippen molar-refractivity contribution >= 4 is 33.4 Å². The van der Waals surface area contributed by atoms with Crippen LogP contribution in [-0.2, 0) is 19.4 Å². The molecular formula is C21H20ClFN2O5S. The Morgan fingerprint density at radius 2 is 1.94 bits per heavy atom. The highest BCUT2D eigenvalue weighted by Crippen LogP contribution is 2.31. The lowest BCUT2D eigenvalue weighted by Crippen LogP contribution is -2.47. The molecule has 0 bridgehead atoms. The maximum Gasteiger partial charge on any atom is 0.338 e. The van der Waals surface area contributed by atoms with E-state index in [4.69, 9.17) is 16.3 Å². The molecule has 10 heteroatoms. The smallest absolute Gasteiger partial charge is 0.338 e. The van der Waals surface area contributed by atoms with Gasteiger partial charge in [-0.2, -0.15) is 0 Å². The number of esters is 1. The van der Waals surface area contributed by atoms with Crippen LogP contribution in [0.1, 0.15) is 24.1 Å². The van der Waals surface area contributed by atoms with Gasteiger partial charge in [-0.05, 0) is 43.2 Å². The number of carbonyl (C=O) groups is 2. The summed E-state index contributed by atoms with van der Waals surface area (Å²) in [7, 11) is -4.08. The Hall–Kier alpha value is -2.91. The molecule has 1 heterocycles. The summed E-state index contributed by atoms with van der Waals surface area (Å²) in [4.78, 5) is 24.9. The van der Waals surface area contributed by atoms with Crippen LogP contribution in [0.4, 0.5) is 9.18 Å². The largest absolute Gasteiger partial charge is 0.463 e. The number of halogens is 2. The highest BCUT2D eigenvalue weighted by atomic mass is 35.5. The average Bonchev–Trinajstić information content (AvgIpc) is 2.69. The number of urea groups is 1. The van der Waals surface area contributed by atoms with Gasteiger partial charge in [0.2, 0.25) is 0 Å². The minimum Gasteiger partial charge on any atom is -0.463 e. The first kappa shape index (κ1) is 22.8. The van der Waals surface area contributed by atoms with E-state index in [0.717, 1.165) is 23.8 Å². The van der Waals surface area contributed by atoms with E-state index < -0.39 is 39.4 Å². The summed E-state index contributed by atoms with van der Waals surface area (Å²) >= 11 is 5.72. The van der Waals surface area contributed by atoms with Crippen LogP contribution >= 0.6 is 11.6 Å². The van der Waals surface area contributed by atoms with E-state index in [1.54, 1.807) is 25.1 Å². The molecule has 7 nitrogen and oxygen atoms in total. The van der Waals surface area contributed by atoms with Gasteiger partial charge in [-0.25, -0.2) is 22.4 Å². The molecule has 0 fully saturated rings. The molecular weight excluding hydrogens is 447 g/mol. The summed E-state index contributed by atoms with van der Waals surface area (Å²) in [6.07, 6.45) is 0. The van der Waals surface area contributed by atoms with Gasteiger partial charge in [0.1, 0.15) is 5.82 Å². The minimum absolute atomic E-state index is 0.0208. The number of amides is 2. The second-order valence-electron chi connectivity index (χ2n) is 6.84. The number of sulfone groups is 1. The number of hydrogen-bond acceptors (Lipinski definition) is 5. The van der Waals surface area contributed by atoms with Crippen LogP contribution in [0.15, 0.2) is 58.6 Å². The van der Waals surface area contributed by atoms with E-state index in [1.165, 1.54) is 0 Å². The fourth-order valence-electron chi connectivity index (χ4n) is 3.27. The van der Waals surface area contributed by atoms with Crippen molar-refractivity contribution in [1.29, 1.82) is 0 Å². The first-order chi connectivity index (χ1) is 14.6. The summed E-state index contributed by atoms with van der Waals surface area (Å²) in [5, 5.41) is 4.73. The molecule has 1 aliphatic heterocycles. The molecule has 0 saturated carbocycles. The van der Waals surface area contributed by atoms with Gasteiger partial charge in [-0.3, -0.25) is 0 Å². The summed E-state index contributed by atoms with van der Waals surface area (Å²) in [5.74, 6) is -2.23. The third-order valence-electron chi connectivity index (χ3n) is 4.73. The van der Waals surface area contributed by atoms with Crippen molar-refractivity contribution in [2.24, 2.45) is 0 Å². The van der Waals surface area contributed by atoms with Crippen LogP contribution < -0.4 is 10.6 Å². The average molecular weight is 467 g/mol. The van der Waals surface area contributed by atoms with E-state index in [9.17, 15) is 22.4 Å². The van der Waals surface area contributed by atoms with Gasteiger partial charge < -0.3 is 15.4 Å². The van der Waals surface area contributed by atoms with E-state index in [-0.39, 0.29) is 27.8 Å². The number of ether oxygens (including phenoxy) is 1. The second kappa shape index (κ2) is 9.07. The number of nitrogens with one attached hydrogen (secondary N) is 2. The molecule has 0 aromatic heterocycles. The molecule has 2 N–H and O–H groups in total. The van der Waals surface area contributed by atoms with E-state index >= 15 is 0 Å². The van der Waals surface area contributed by atoms with Crippen molar-refractivity contribution in [3.63, 3.8) is 0 Å². The van der Waals surface area contributed by atoms with Gasteiger partial charge in [0, 0.05) is 5.70 Å². The Morgan fingerprint density at radius 3 is 2.58 bits per heavy atom. The highest BCUT2D eigenvalue weighted by Gasteiger charge is 2.36. The SMILES string of the molecule is CCOC(=O)C1=C(CS(=O)(=O)c2ccc(F)c(Cl)c2)NC(=O)NC1c1ccccc1C. The molecule has 0 spiro atoms. The van der Waals surface area contributed by atoms with E-state index in [0.29, 0.717) is 5.56 Å². The van der Waals surface area contributed by atoms with Gasteiger partial charge in [0.15, 0.2) is 9.84 Å². The van der Waals surface area contributed by atoms with Crippen LogP contribution in [0.25, 0.3) is 0 Å². The van der Waals surface area contributed by atoms with Crippen LogP contribution in [0.3, 0.4) is 0 Å². The zero-order chi connectivity index (χ0) is 22.8. The number of benzene rings is 2. The lowest BCUT2D eigenvalue weighted by atomic mass is 9.92. The summed E-state index contributed by atoms with van der Waals surface area (Å²) in [5.41, 5.74) is 1.28. The Labute approximate surface area is 184 Å². The maximum atomic E-state index is 13.5. The maximum absolute atomic E-state index is 13.5. The van der Waals surface area contributed by atoms with Crippen LogP contribution in [0.2, 0.25) is 5.02 Å². The van der Waals surface area contributed by atoms with Gasteiger partial charge in [-0.1, -0.05) is 35.9 Å². The molecule has 1 unspecified atom stereocenters. The van der Waals surface area contributed by atoms with Gasteiger partial charge in [-0.15, -0.1) is 0 Å². The molecule has 31 heavy (non-hydrogen) atoms. The summed E-state index contributed by atoms with van der Waals surface area (Å²) in [6.45, 7) is 3.49. The van der Waals surface area contributed by atoms with Crippen LogP contribution in [-0.4, -0.2) is 32.8 Å². The number of aryl methyl sites for hydroxylation is 1. The topological polar surface area (TPSA) is 102 Å². The first-order valence-corrected chi connectivity index (χ1v) is 11.4. The quantitative estimate of drug-likeness (QED) is 0.501. The second-order valence-corrected chi connectivity index (χ2v) is 9.23. The fourth-order valence-corrected chi connectivity index (χ4v) is 4.86. The molecule has 2 aromatic carbocycles. The van der Waals surface area contributed by atoms with E-state index in [2.05, 4.69) is 10.6 Å². The first-order valence-electron chi connectivity index (χ1n) is 9.35. The van der Waals surface area contributed by atoms with Gasteiger partial charge >= 0.3 is 12.0 Å². The Morgan fingerprint density at radius 1 is 1.23 bits per heavy atom. The molecule has 1 aliphatic rings. The predicted molar refractivity (Wildman–Crippen MR) is 113 cm³/mol. The number of hydrogen-bond donors (Lipinski definition) is 2. The third-order valence-corrected chi connectivity index (χ3v) is 6.66. The zero-order valence-corrected chi connectivity index (χ0v) is 18.3. The number of rotatable bonds is 6. The van der Waals surface area contributed by atoms with Crippen molar-refractivity contribution in [1.82, 2.24) is 10.6 Å². The van der Waals surface area contributed by atoms with Crippen molar-refractivity contribution in [2.75, 3.05) is 12.4 Å². The highest BCUT2D eigenvalue weighted by molar-refractivity contribution is 7.91. The molecule has 0 saturated heterocycles. The third kappa shape index (κ3) is 4.88. The van der Waals surface area contributed by atoms with Crippen molar-refractivity contribution in [3.05, 3.63) is 75.7 Å². The van der Waals surface area contributed by atoms with Crippen LogP contribution in [0.5, 0.6) is 0 Å². The standard InChI is InChI=1S/C21H20ClFN2O5S/c1-3-30-20(26)18-17(11-31(28,29)13-8-9-16(23)15(22)10-13)24-21(27)25-19(18)14-7-5-4-6-12(14)2/h4-10,19H,3,11H2,1-2H3,(H2,24,25,27). The normalized spacial score (nSPS) is 16.5. The molecule has 2 aromatic rings. The molecule has 0 aliphatic carbocycles. The summed E-state index contributed by atoms with van der Waals surface area (Å²) in [6, 6.07) is 8.52. The van der Waals surface area contributed by atoms with Crippen LogP contribution in [0, 0.1) is 12.7 Å². The fraction of sp³-hybridized carbons (Fsp3) is 0.238. The Balaban J connectivity index is 2.13. The Kier molecular flexibility index (Phi) is 6.66. The lowest BCUT2D eigenvalue weighted by Gasteiger charge is -2.30. The predicted octanol–water partition coefficient (Wildman–Crippen LogP) is 3.43. The zero-order valence-electron chi connectivity index (χ0n) is 16.7. The summed E-state index contributed by atoms with van der Waals surface area (Å²) < 4.78 is 44.5. The molecule has 2 amide bonds. The van der Waals surface area contributed by atoms with Gasteiger partial charge in [0.25, 0.3) is 0 Å². The monoisotopic (exact) mass is 466 g/mol. The molecule has 1 atom stereocenters. The lowest BCUT2D eigenvalue weighted by molar-refractivity contribution is -0.139. The van der Waals surface area contributed by atoms with Crippen molar-refractivity contribution < 1.29 is 27.1 Å². The van der Waals surface area contributed by atoms with Gasteiger partial charge in [0.05, 0.1) is 33.9 Å². The minimum atomic E-state index is -4.08. The molecule has 3 rings (SSSR count). The molecule has 164 valence electrons. The van der Waals surface area contributed by atoms with E-state index in [1.807, 2.05) is 13.0 Å². The molecule has 0 radical (unpaired) electrons.